The van der Waals surface area contributed by atoms with Crippen LogP contribution < -0.4 is 10.2 Å². The third-order valence-electron chi connectivity index (χ3n) is 5.13. The van der Waals surface area contributed by atoms with Crippen LogP contribution in [0.2, 0.25) is 0 Å². The Balaban J connectivity index is 1.43. The van der Waals surface area contributed by atoms with Crippen molar-refractivity contribution in [2.24, 2.45) is 0 Å². The van der Waals surface area contributed by atoms with Crippen molar-refractivity contribution in [3.05, 3.63) is 64.7 Å². The van der Waals surface area contributed by atoms with Gasteiger partial charge in [-0.15, -0.1) is 22.0 Å². The van der Waals surface area contributed by atoms with Crippen LogP contribution in [-0.4, -0.2) is 48.0 Å². The van der Waals surface area contributed by atoms with Gasteiger partial charge in [0.15, 0.2) is 0 Å². The van der Waals surface area contributed by atoms with Gasteiger partial charge in [0.1, 0.15) is 5.01 Å². The van der Waals surface area contributed by atoms with Gasteiger partial charge in [-0.25, -0.2) is 0 Å². The highest BCUT2D eigenvalue weighted by molar-refractivity contribution is 7.99. The van der Waals surface area contributed by atoms with Crippen LogP contribution >= 0.6 is 23.1 Å². The van der Waals surface area contributed by atoms with Crippen molar-refractivity contribution >= 4 is 45.7 Å². The van der Waals surface area contributed by atoms with Gasteiger partial charge in [0.2, 0.25) is 11.0 Å². The SMILES string of the molecule is COCCSc1ccccc1C(=O)Nc1nnc(C2CC(=O)N(c3cccc(C)c3)C2)s1. The molecule has 0 aliphatic carbocycles. The molecule has 1 N–H and O–H groups in total. The van der Waals surface area contributed by atoms with Gasteiger partial charge in [0.05, 0.1) is 12.2 Å². The van der Waals surface area contributed by atoms with Crippen LogP contribution in [0.4, 0.5) is 10.8 Å². The number of benzene rings is 2. The van der Waals surface area contributed by atoms with Crippen molar-refractivity contribution < 1.29 is 14.3 Å². The number of amides is 2. The van der Waals surface area contributed by atoms with Crippen molar-refractivity contribution in [3.8, 4) is 0 Å². The number of carbonyl (C=O) groups excluding carboxylic acids is 2. The number of hydrogen-bond acceptors (Lipinski definition) is 7. The van der Waals surface area contributed by atoms with Crippen LogP contribution in [0.1, 0.15) is 33.3 Å². The predicted octanol–water partition coefficient (Wildman–Crippen LogP) is 4.36. The molecule has 0 spiro atoms. The van der Waals surface area contributed by atoms with E-state index in [9.17, 15) is 9.59 Å². The smallest absolute Gasteiger partial charge is 0.258 e. The summed E-state index contributed by atoms with van der Waals surface area (Å²) in [6, 6.07) is 15.4. The number of aromatic nitrogens is 2. The number of aryl methyl sites for hydroxylation is 1. The summed E-state index contributed by atoms with van der Waals surface area (Å²) in [6.45, 7) is 3.18. The van der Waals surface area contributed by atoms with E-state index in [-0.39, 0.29) is 17.7 Å². The van der Waals surface area contributed by atoms with Gasteiger partial charge in [0, 0.05) is 42.3 Å². The lowest BCUT2D eigenvalue weighted by Gasteiger charge is -2.16. The summed E-state index contributed by atoms with van der Waals surface area (Å²) in [4.78, 5) is 28.1. The second kappa shape index (κ2) is 10.2. The molecule has 1 fully saturated rings. The highest BCUT2D eigenvalue weighted by atomic mass is 32.2. The maximum atomic E-state index is 12.8. The molecule has 7 nitrogen and oxygen atoms in total. The fraction of sp³-hybridized carbons (Fsp3) is 0.304. The van der Waals surface area contributed by atoms with Crippen molar-refractivity contribution in [2.75, 3.05) is 36.2 Å². The second-order valence-electron chi connectivity index (χ2n) is 7.48. The van der Waals surface area contributed by atoms with Crippen LogP contribution in [0.15, 0.2) is 53.4 Å². The highest BCUT2D eigenvalue weighted by Gasteiger charge is 2.34. The van der Waals surface area contributed by atoms with Gasteiger partial charge in [-0.2, -0.15) is 0 Å². The van der Waals surface area contributed by atoms with Crippen molar-refractivity contribution in [1.82, 2.24) is 10.2 Å². The highest BCUT2D eigenvalue weighted by Crippen LogP contribution is 2.34. The maximum Gasteiger partial charge on any atom is 0.258 e. The van der Waals surface area contributed by atoms with Gasteiger partial charge in [0.25, 0.3) is 5.91 Å². The van der Waals surface area contributed by atoms with Gasteiger partial charge in [-0.3, -0.25) is 14.9 Å². The molecular weight excluding hydrogens is 444 g/mol. The first-order valence-electron chi connectivity index (χ1n) is 10.3. The zero-order valence-electron chi connectivity index (χ0n) is 17.9. The summed E-state index contributed by atoms with van der Waals surface area (Å²) in [5.74, 6) is 0.570. The summed E-state index contributed by atoms with van der Waals surface area (Å²) in [7, 11) is 1.66. The third kappa shape index (κ3) is 5.17. The Labute approximate surface area is 195 Å². The fourth-order valence-corrected chi connectivity index (χ4v) is 5.34. The molecule has 2 amide bonds. The van der Waals surface area contributed by atoms with E-state index in [0.29, 0.717) is 30.3 Å². The van der Waals surface area contributed by atoms with Gasteiger partial charge < -0.3 is 9.64 Å². The lowest BCUT2D eigenvalue weighted by Crippen LogP contribution is -2.24. The summed E-state index contributed by atoms with van der Waals surface area (Å²) < 4.78 is 5.09. The number of nitrogens with one attached hydrogen (secondary N) is 1. The summed E-state index contributed by atoms with van der Waals surface area (Å²) in [5, 5.41) is 12.5. The van der Waals surface area contributed by atoms with E-state index in [1.54, 1.807) is 29.8 Å². The zero-order valence-corrected chi connectivity index (χ0v) is 19.5. The monoisotopic (exact) mass is 468 g/mol. The second-order valence-corrected chi connectivity index (χ2v) is 9.63. The molecular formula is C23H24N4O3S2. The molecule has 1 aliphatic rings. The van der Waals surface area contributed by atoms with Crippen LogP contribution in [0.3, 0.4) is 0 Å². The van der Waals surface area contributed by atoms with E-state index < -0.39 is 0 Å². The third-order valence-corrected chi connectivity index (χ3v) is 7.16. The Morgan fingerprint density at radius 1 is 1.25 bits per heavy atom. The molecule has 1 aliphatic heterocycles. The number of anilines is 2. The van der Waals surface area contributed by atoms with E-state index in [1.165, 1.54) is 11.3 Å². The van der Waals surface area contributed by atoms with E-state index in [1.807, 2.05) is 49.4 Å². The number of carbonyl (C=O) groups is 2. The molecule has 1 unspecified atom stereocenters. The molecule has 166 valence electrons. The molecule has 32 heavy (non-hydrogen) atoms. The average molecular weight is 469 g/mol. The molecule has 0 saturated carbocycles. The first-order chi connectivity index (χ1) is 15.5. The number of methoxy groups -OCH3 is 1. The van der Waals surface area contributed by atoms with Gasteiger partial charge in [-0.05, 0) is 36.8 Å². The van der Waals surface area contributed by atoms with E-state index >= 15 is 0 Å². The molecule has 4 rings (SSSR count). The normalized spacial score (nSPS) is 15.9. The number of hydrogen-bond donors (Lipinski definition) is 1. The quantitative estimate of drug-likeness (QED) is 0.391. The minimum Gasteiger partial charge on any atom is -0.384 e. The molecule has 1 atom stereocenters. The summed E-state index contributed by atoms with van der Waals surface area (Å²) in [6.07, 6.45) is 0.384. The zero-order chi connectivity index (χ0) is 22.5. The molecule has 1 aromatic heterocycles. The van der Waals surface area contributed by atoms with E-state index in [0.717, 1.165) is 26.9 Å². The molecule has 1 saturated heterocycles. The number of ether oxygens (including phenoxy) is 1. The first kappa shape index (κ1) is 22.4. The van der Waals surface area contributed by atoms with Crippen molar-refractivity contribution in [1.29, 1.82) is 0 Å². The van der Waals surface area contributed by atoms with Crippen molar-refractivity contribution in [3.63, 3.8) is 0 Å². The molecule has 2 aromatic carbocycles. The van der Waals surface area contributed by atoms with Gasteiger partial charge >= 0.3 is 0 Å². The number of rotatable bonds is 8. The number of thioether (sulfide) groups is 1. The van der Waals surface area contributed by atoms with Crippen LogP contribution in [0.25, 0.3) is 0 Å². The topological polar surface area (TPSA) is 84.4 Å². The lowest BCUT2D eigenvalue weighted by atomic mass is 10.1. The summed E-state index contributed by atoms with van der Waals surface area (Å²) >= 11 is 2.90. The first-order valence-corrected chi connectivity index (χ1v) is 12.1. The Morgan fingerprint density at radius 3 is 2.91 bits per heavy atom. The van der Waals surface area contributed by atoms with E-state index in [4.69, 9.17) is 4.74 Å². The maximum absolute atomic E-state index is 12.8. The molecule has 0 bridgehead atoms. The number of nitrogens with zero attached hydrogens (tertiary/aromatic N) is 3. The van der Waals surface area contributed by atoms with Crippen LogP contribution in [0.5, 0.6) is 0 Å². The fourth-order valence-electron chi connectivity index (χ4n) is 3.55. The molecule has 0 radical (unpaired) electrons. The Kier molecular flexibility index (Phi) is 7.19. The van der Waals surface area contributed by atoms with E-state index in [2.05, 4.69) is 15.5 Å². The predicted molar refractivity (Wildman–Crippen MR) is 128 cm³/mol. The Hall–Kier alpha value is -2.75. The van der Waals surface area contributed by atoms with Crippen molar-refractivity contribution in [2.45, 2.75) is 24.2 Å². The standard InChI is InChI=1S/C23H24N4O3S2/c1-15-6-5-7-17(12-15)27-14-16(13-20(27)28)22-25-26-23(32-22)24-21(29)18-8-3-4-9-19(18)31-11-10-30-2/h3-9,12,16H,10-11,13-14H2,1-2H3,(H,24,26,29). The molecule has 9 heteroatoms. The lowest BCUT2D eigenvalue weighted by molar-refractivity contribution is -0.117. The van der Waals surface area contributed by atoms with Crippen LogP contribution in [-0.2, 0) is 9.53 Å². The van der Waals surface area contributed by atoms with Crippen LogP contribution in [0, 0.1) is 6.92 Å². The minimum atomic E-state index is -0.225. The largest absolute Gasteiger partial charge is 0.384 e. The Bertz CT molecular complexity index is 1120. The minimum absolute atomic E-state index is 0.0388. The van der Waals surface area contributed by atoms with Gasteiger partial charge in [-0.1, -0.05) is 35.6 Å². The average Bonchev–Trinajstić information content (AvgIpc) is 3.41. The summed E-state index contributed by atoms with van der Waals surface area (Å²) in [5.41, 5.74) is 2.60. The Morgan fingerprint density at radius 2 is 2.09 bits per heavy atom. The molecule has 3 aromatic rings. The molecule has 2 heterocycles.